The average molecular weight is 607 g/mol. The van der Waals surface area contributed by atoms with Crippen LogP contribution >= 0.6 is 0 Å². The van der Waals surface area contributed by atoms with Crippen LogP contribution in [0, 0.1) is 0 Å². The number of phenols is 1. The van der Waals surface area contributed by atoms with Gasteiger partial charge in [0, 0.05) is 22.3 Å². The number of ether oxygens (including phenoxy) is 6. The number of anilines is 1. The molecular formula is C32H34N2O10. The number of phenolic OH excluding ortho intramolecular Hbond substituents is 1. The minimum absolute atomic E-state index is 0.0553. The van der Waals surface area contributed by atoms with Crippen molar-refractivity contribution in [3.63, 3.8) is 0 Å². The molecule has 1 heterocycles. The number of carbonyl (C=O) groups excluding carboxylic acids is 2. The minimum Gasteiger partial charge on any atom is -0.504 e. The fourth-order valence-corrected chi connectivity index (χ4v) is 4.75. The Kier molecular flexibility index (Phi) is 8.93. The number of esters is 1. The maximum Gasteiger partial charge on any atom is 0.412 e. The number of aromatic hydroxyl groups is 1. The molecule has 4 aromatic rings. The summed E-state index contributed by atoms with van der Waals surface area (Å²) in [5, 5.41) is 13.7. The van der Waals surface area contributed by atoms with E-state index in [0.717, 1.165) is 0 Å². The van der Waals surface area contributed by atoms with E-state index < -0.39 is 23.2 Å². The van der Waals surface area contributed by atoms with Gasteiger partial charge in [-0.05, 0) is 74.9 Å². The molecule has 0 saturated carbocycles. The maximum atomic E-state index is 14.2. The number of aromatic nitrogens is 1. The Balaban J connectivity index is 2.08. The smallest absolute Gasteiger partial charge is 0.412 e. The highest BCUT2D eigenvalue weighted by Gasteiger charge is 2.28. The Labute approximate surface area is 253 Å². The number of nitrogens with one attached hydrogen (secondary N) is 1. The van der Waals surface area contributed by atoms with E-state index >= 15 is 0 Å². The summed E-state index contributed by atoms with van der Waals surface area (Å²) in [6.07, 6.45) is -0.653. The van der Waals surface area contributed by atoms with E-state index in [-0.39, 0.29) is 39.2 Å². The first-order valence-electron chi connectivity index (χ1n) is 13.4. The first-order valence-corrected chi connectivity index (χ1v) is 13.4. The van der Waals surface area contributed by atoms with Crippen LogP contribution in [0.4, 0.5) is 10.5 Å². The zero-order valence-corrected chi connectivity index (χ0v) is 25.7. The van der Waals surface area contributed by atoms with Gasteiger partial charge in [0.25, 0.3) is 5.56 Å². The number of methoxy groups -OCH3 is 5. The minimum atomic E-state index is -0.834. The molecule has 12 nitrogen and oxygen atoms in total. The summed E-state index contributed by atoms with van der Waals surface area (Å²) in [6.45, 7) is 5.24. The van der Waals surface area contributed by atoms with Gasteiger partial charge in [0.15, 0.2) is 23.0 Å². The second kappa shape index (κ2) is 12.5. The molecule has 0 aliphatic rings. The molecule has 0 aliphatic carbocycles. The molecule has 0 bridgehead atoms. The van der Waals surface area contributed by atoms with Crippen LogP contribution in [-0.4, -0.2) is 62.9 Å². The summed E-state index contributed by atoms with van der Waals surface area (Å²) >= 11 is 0. The van der Waals surface area contributed by atoms with E-state index in [1.807, 2.05) is 0 Å². The van der Waals surface area contributed by atoms with Gasteiger partial charge in [-0.15, -0.1) is 0 Å². The third-order valence-corrected chi connectivity index (χ3v) is 6.59. The Morgan fingerprint density at radius 1 is 0.795 bits per heavy atom. The van der Waals surface area contributed by atoms with E-state index in [4.69, 9.17) is 28.4 Å². The summed E-state index contributed by atoms with van der Waals surface area (Å²) in [6, 6.07) is 12.2. The van der Waals surface area contributed by atoms with E-state index in [1.165, 1.54) is 52.2 Å². The number of carbonyl (C=O) groups is 2. The molecule has 0 fully saturated rings. The van der Waals surface area contributed by atoms with Crippen molar-refractivity contribution >= 4 is 28.5 Å². The van der Waals surface area contributed by atoms with Crippen LogP contribution in [0.3, 0.4) is 0 Å². The SMILES string of the molecule is COC(=O)c1c(-c2cc(OC)c(OC)c(OC)c2)c2cc(O)c(OC)cc2c(=O)n1-c1ccc(NC(=O)OC(C)(C)C)cc1. The number of amides is 1. The highest BCUT2D eigenvalue weighted by molar-refractivity contribution is 6.08. The quantitative estimate of drug-likeness (QED) is 0.246. The third kappa shape index (κ3) is 6.05. The summed E-state index contributed by atoms with van der Waals surface area (Å²) in [4.78, 5) is 40.0. The summed E-state index contributed by atoms with van der Waals surface area (Å²) in [7, 11) is 6.91. The largest absolute Gasteiger partial charge is 0.504 e. The molecule has 2 N–H and O–H groups in total. The Bertz CT molecular complexity index is 1760. The zero-order chi connectivity index (χ0) is 32.3. The number of rotatable bonds is 8. The molecule has 12 heteroatoms. The van der Waals surface area contributed by atoms with Gasteiger partial charge in [0.2, 0.25) is 5.75 Å². The normalized spacial score (nSPS) is 11.1. The predicted molar refractivity (Wildman–Crippen MR) is 164 cm³/mol. The van der Waals surface area contributed by atoms with Crippen LogP contribution in [0.25, 0.3) is 27.6 Å². The second-order valence-electron chi connectivity index (χ2n) is 10.5. The molecule has 4 rings (SSSR count). The van der Waals surface area contributed by atoms with Gasteiger partial charge in [-0.1, -0.05) is 0 Å². The van der Waals surface area contributed by atoms with Crippen LogP contribution in [0.1, 0.15) is 31.3 Å². The number of hydrogen-bond acceptors (Lipinski definition) is 10. The van der Waals surface area contributed by atoms with Crippen molar-refractivity contribution in [3.05, 3.63) is 64.6 Å². The molecule has 232 valence electrons. The van der Waals surface area contributed by atoms with Gasteiger partial charge in [-0.25, -0.2) is 9.59 Å². The fraction of sp³-hybridized carbons (Fsp3) is 0.281. The molecule has 0 radical (unpaired) electrons. The molecule has 44 heavy (non-hydrogen) atoms. The van der Waals surface area contributed by atoms with Crippen LogP contribution < -0.4 is 29.8 Å². The van der Waals surface area contributed by atoms with Crippen molar-refractivity contribution in [1.29, 1.82) is 0 Å². The maximum absolute atomic E-state index is 14.2. The van der Waals surface area contributed by atoms with Gasteiger partial charge in [0.05, 0.1) is 40.9 Å². The van der Waals surface area contributed by atoms with Gasteiger partial charge >= 0.3 is 12.1 Å². The van der Waals surface area contributed by atoms with Crippen LogP contribution in [0.5, 0.6) is 28.7 Å². The Morgan fingerprint density at radius 2 is 1.39 bits per heavy atom. The van der Waals surface area contributed by atoms with Crippen molar-refractivity contribution in [1.82, 2.24) is 4.57 Å². The van der Waals surface area contributed by atoms with Crippen molar-refractivity contribution in [2.24, 2.45) is 0 Å². The predicted octanol–water partition coefficient (Wildman–Crippen LogP) is 5.53. The molecule has 0 aliphatic heterocycles. The molecule has 1 aromatic heterocycles. The van der Waals surface area contributed by atoms with Crippen LogP contribution in [-0.2, 0) is 9.47 Å². The summed E-state index contributed by atoms with van der Waals surface area (Å²) in [5.74, 6) is -0.135. The van der Waals surface area contributed by atoms with Crippen molar-refractivity contribution in [2.45, 2.75) is 26.4 Å². The molecule has 0 spiro atoms. The Morgan fingerprint density at radius 3 is 1.89 bits per heavy atom. The molecule has 0 unspecified atom stereocenters. The Hall–Kier alpha value is -5.39. The van der Waals surface area contributed by atoms with E-state index in [9.17, 15) is 19.5 Å². The van der Waals surface area contributed by atoms with Gasteiger partial charge in [0.1, 0.15) is 11.3 Å². The lowest BCUT2D eigenvalue weighted by Crippen LogP contribution is -2.27. The van der Waals surface area contributed by atoms with Gasteiger partial charge < -0.3 is 33.5 Å². The average Bonchev–Trinajstić information content (AvgIpc) is 2.99. The lowest BCUT2D eigenvalue weighted by atomic mass is 9.95. The van der Waals surface area contributed by atoms with E-state index in [0.29, 0.717) is 28.5 Å². The number of nitrogens with zero attached hydrogens (tertiary/aromatic N) is 1. The summed E-state index contributed by atoms with van der Waals surface area (Å²) in [5.41, 5.74) is -0.123. The third-order valence-electron chi connectivity index (χ3n) is 6.59. The number of benzene rings is 3. The lowest BCUT2D eigenvalue weighted by molar-refractivity contribution is 0.0589. The second-order valence-corrected chi connectivity index (χ2v) is 10.5. The van der Waals surface area contributed by atoms with Crippen molar-refractivity contribution < 1.29 is 43.1 Å². The highest BCUT2D eigenvalue weighted by atomic mass is 16.6. The number of hydrogen-bond donors (Lipinski definition) is 2. The van der Waals surface area contributed by atoms with Crippen LogP contribution in [0.2, 0.25) is 0 Å². The fourth-order valence-electron chi connectivity index (χ4n) is 4.75. The van der Waals surface area contributed by atoms with Crippen molar-refractivity contribution in [3.8, 4) is 45.6 Å². The number of fused-ring (bicyclic) bond motifs is 1. The van der Waals surface area contributed by atoms with Gasteiger partial charge in [-0.3, -0.25) is 14.7 Å². The lowest BCUT2D eigenvalue weighted by Gasteiger charge is -2.21. The van der Waals surface area contributed by atoms with Crippen molar-refractivity contribution in [2.75, 3.05) is 40.9 Å². The standard InChI is InChI=1S/C32H34N2O10/c1-32(2,3)44-31(38)33-18-9-11-19(12-10-18)34-27(30(37)43-8)26(17-13-24(40-5)28(42-7)25(14-17)41-6)20-15-22(35)23(39-4)16-21(20)29(34)36/h9-16,35H,1-8H3,(H,33,38). The monoisotopic (exact) mass is 606 g/mol. The first-order chi connectivity index (χ1) is 20.9. The summed E-state index contributed by atoms with van der Waals surface area (Å²) < 4.78 is 33.5. The molecular weight excluding hydrogens is 572 g/mol. The van der Waals surface area contributed by atoms with E-state index in [2.05, 4.69) is 5.32 Å². The number of pyridine rings is 1. The topological polar surface area (TPSA) is 144 Å². The highest BCUT2D eigenvalue weighted by Crippen LogP contribution is 2.45. The molecule has 1 amide bonds. The van der Waals surface area contributed by atoms with E-state index in [1.54, 1.807) is 57.2 Å². The van der Waals surface area contributed by atoms with Gasteiger partial charge in [-0.2, -0.15) is 0 Å². The molecule has 0 saturated heterocycles. The molecule has 0 atom stereocenters. The molecule has 3 aromatic carbocycles. The first kappa shape index (κ1) is 31.5. The zero-order valence-electron chi connectivity index (χ0n) is 25.7. The van der Waals surface area contributed by atoms with Crippen LogP contribution in [0.15, 0.2) is 53.3 Å².